The fraction of sp³-hybridized carbons (Fsp3) is 0.312. The summed E-state index contributed by atoms with van der Waals surface area (Å²) in [7, 11) is 1.25. The number of nitrogens with zero attached hydrogens (tertiary/aromatic N) is 3. The van der Waals surface area contributed by atoms with Gasteiger partial charge >= 0.3 is 5.97 Å². The minimum atomic E-state index is -0.538. The molecular formula is C16H19N3O3S. The second-order valence-electron chi connectivity index (χ2n) is 4.02. The van der Waals surface area contributed by atoms with Crippen LogP contribution in [0.1, 0.15) is 20.3 Å². The topological polar surface area (TPSA) is 82.0 Å². The maximum atomic E-state index is 11.6. The van der Waals surface area contributed by atoms with E-state index in [2.05, 4.69) is 19.7 Å². The van der Waals surface area contributed by atoms with Crippen LogP contribution in [0, 0.1) is 0 Å². The van der Waals surface area contributed by atoms with Gasteiger partial charge in [-0.05, 0) is 18.2 Å². The fourth-order valence-electron chi connectivity index (χ4n) is 1.50. The summed E-state index contributed by atoms with van der Waals surface area (Å²) in [6, 6.07) is 7.30. The third kappa shape index (κ3) is 6.56. The van der Waals surface area contributed by atoms with Crippen molar-refractivity contribution in [3.63, 3.8) is 0 Å². The number of rotatable bonds is 6. The Morgan fingerprint density at radius 2 is 1.87 bits per heavy atom. The fourth-order valence-corrected chi connectivity index (χ4v) is 2.19. The van der Waals surface area contributed by atoms with Crippen molar-refractivity contribution >= 4 is 23.5 Å². The highest BCUT2D eigenvalue weighted by molar-refractivity contribution is 7.99. The number of carbonyl (C=O) groups is 2. The maximum absolute atomic E-state index is 11.6. The highest BCUT2D eigenvalue weighted by Crippen LogP contribution is 2.18. The molecule has 0 unspecified atom stereocenters. The van der Waals surface area contributed by atoms with E-state index >= 15 is 0 Å². The van der Waals surface area contributed by atoms with Crippen molar-refractivity contribution in [2.75, 3.05) is 12.9 Å². The zero-order valence-electron chi connectivity index (χ0n) is 13.4. The number of ether oxygens (including phenoxy) is 1. The smallest absolute Gasteiger partial charge is 0.313 e. The number of aromatic nitrogens is 3. The van der Waals surface area contributed by atoms with Crippen LogP contribution in [-0.2, 0) is 14.3 Å². The van der Waals surface area contributed by atoms with E-state index in [0.29, 0.717) is 10.9 Å². The predicted octanol–water partition coefficient (Wildman–Crippen LogP) is 2.79. The molecule has 2 aromatic heterocycles. The monoisotopic (exact) mass is 333 g/mol. The number of ketones is 1. The van der Waals surface area contributed by atoms with Gasteiger partial charge in [0.2, 0.25) is 0 Å². The number of hydrogen-bond acceptors (Lipinski definition) is 7. The minimum Gasteiger partial charge on any atom is -0.469 e. The van der Waals surface area contributed by atoms with E-state index in [4.69, 9.17) is 0 Å². The molecule has 0 bridgehead atoms. The van der Waals surface area contributed by atoms with Gasteiger partial charge in [0, 0.05) is 12.4 Å². The maximum Gasteiger partial charge on any atom is 0.313 e. The Morgan fingerprint density at radius 3 is 2.52 bits per heavy atom. The Labute approximate surface area is 139 Å². The van der Waals surface area contributed by atoms with E-state index in [0.717, 1.165) is 5.69 Å². The van der Waals surface area contributed by atoms with Crippen molar-refractivity contribution < 1.29 is 14.3 Å². The summed E-state index contributed by atoms with van der Waals surface area (Å²) in [6.07, 6.45) is 3.07. The standard InChI is InChI=1S/C14H13N3O3S.C2H6/c1-20-13(19)8-10(18)9-21-14-16-7-5-12(17-14)11-4-2-3-6-15-11;1-2/h2-7H,8-9H2,1H3;1-2H3. The second kappa shape index (κ2) is 10.4. The summed E-state index contributed by atoms with van der Waals surface area (Å²) in [4.78, 5) is 35.2. The Hall–Kier alpha value is -2.28. The van der Waals surface area contributed by atoms with E-state index in [9.17, 15) is 9.59 Å². The highest BCUT2D eigenvalue weighted by Gasteiger charge is 2.11. The van der Waals surface area contributed by atoms with Crippen LogP contribution < -0.4 is 0 Å². The molecule has 0 spiro atoms. The highest BCUT2D eigenvalue weighted by atomic mass is 32.2. The van der Waals surface area contributed by atoms with Crippen LogP contribution in [0.3, 0.4) is 0 Å². The van der Waals surface area contributed by atoms with Crippen LogP contribution >= 0.6 is 11.8 Å². The van der Waals surface area contributed by atoms with Gasteiger partial charge in [0.05, 0.1) is 24.3 Å². The zero-order chi connectivity index (χ0) is 17.1. The Balaban J connectivity index is 0.00000127. The van der Waals surface area contributed by atoms with Crippen LogP contribution in [0.4, 0.5) is 0 Å². The first-order valence-electron chi connectivity index (χ1n) is 7.15. The molecule has 0 aromatic carbocycles. The molecule has 122 valence electrons. The molecule has 23 heavy (non-hydrogen) atoms. The Bertz CT molecular complexity index is 635. The summed E-state index contributed by atoms with van der Waals surface area (Å²) in [5, 5.41) is 0.469. The van der Waals surface area contributed by atoms with Crippen molar-refractivity contribution in [1.82, 2.24) is 15.0 Å². The Kier molecular flexibility index (Phi) is 8.52. The average molecular weight is 333 g/mol. The lowest BCUT2D eigenvalue weighted by Gasteiger charge is -2.02. The van der Waals surface area contributed by atoms with Gasteiger partial charge < -0.3 is 4.74 Å². The molecule has 0 amide bonds. The second-order valence-corrected chi connectivity index (χ2v) is 4.96. The molecule has 0 saturated heterocycles. The lowest BCUT2D eigenvalue weighted by molar-refractivity contribution is -0.142. The number of esters is 1. The largest absolute Gasteiger partial charge is 0.469 e. The first-order chi connectivity index (χ1) is 11.2. The van der Waals surface area contributed by atoms with Gasteiger partial charge in [0.25, 0.3) is 0 Å². The molecular weight excluding hydrogens is 314 g/mol. The number of pyridine rings is 1. The van der Waals surface area contributed by atoms with Crippen molar-refractivity contribution in [3.05, 3.63) is 36.7 Å². The molecule has 0 aliphatic heterocycles. The molecule has 0 N–H and O–H groups in total. The third-order valence-electron chi connectivity index (χ3n) is 2.49. The molecule has 2 heterocycles. The number of carbonyl (C=O) groups excluding carboxylic acids is 2. The van der Waals surface area contributed by atoms with E-state index in [-0.39, 0.29) is 18.0 Å². The molecule has 0 radical (unpaired) electrons. The Morgan fingerprint density at radius 1 is 1.09 bits per heavy atom. The first kappa shape index (κ1) is 18.8. The quantitative estimate of drug-likeness (QED) is 0.348. The summed E-state index contributed by atoms with van der Waals surface area (Å²) < 4.78 is 4.44. The van der Waals surface area contributed by atoms with E-state index < -0.39 is 5.97 Å². The summed E-state index contributed by atoms with van der Waals surface area (Å²) >= 11 is 1.18. The summed E-state index contributed by atoms with van der Waals surface area (Å²) in [6.45, 7) is 4.00. The van der Waals surface area contributed by atoms with Crippen LogP contribution in [0.25, 0.3) is 11.4 Å². The lowest BCUT2D eigenvalue weighted by Crippen LogP contribution is -2.11. The predicted molar refractivity (Wildman–Crippen MR) is 89.0 cm³/mol. The molecule has 6 nitrogen and oxygen atoms in total. The molecule has 7 heteroatoms. The molecule has 0 saturated carbocycles. The van der Waals surface area contributed by atoms with Gasteiger partial charge in [-0.3, -0.25) is 14.6 Å². The van der Waals surface area contributed by atoms with Gasteiger partial charge in [-0.15, -0.1) is 0 Å². The molecule has 2 rings (SSSR count). The number of methoxy groups -OCH3 is 1. The van der Waals surface area contributed by atoms with Crippen LogP contribution in [-0.4, -0.2) is 39.6 Å². The molecule has 2 aromatic rings. The SMILES string of the molecule is CC.COC(=O)CC(=O)CSc1nccc(-c2ccccn2)n1. The van der Waals surface area contributed by atoms with Crippen LogP contribution in [0.2, 0.25) is 0 Å². The number of thioether (sulfide) groups is 1. The first-order valence-corrected chi connectivity index (χ1v) is 8.13. The van der Waals surface area contributed by atoms with Gasteiger partial charge in [0.1, 0.15) is 6.42 Å². The molecule has 0 aliphatic rings. The third-order valence-corrected chi connectivity index (χ3v) is 3.41. The normalized spacial score (nSPS) is 9.52. The van der Waals surface area contributed by atoms with Crippen molar-refractivity contribution in [2.24, 2.45) is 0 Å². The zero-order valence-corrected chi connectivity index (χ0v) is 14.2. The van der Waals surface area contributed by atoms with Crippen molar-refractivity contribution in [1.29, 1.82) is 0 Å². The van der Waals surface area contributed by atoms with Gasteiger partial charge in [-0.25, -0.2) is 9.97 Å². The summed E-state index contributed by atoms with van der Waals surface area (Å²) in [5.41, 5.74) is 1.43. The van der Waals surface area contributed by atoms with E-state index in [1.165, 1.54) is 18.9 Å². The van der Waals surface area contributed by atoms with Gasteiger partial charge in [-0.1, -0.05) is 31.7 Å². The van der Waals surface area contributed by atoms with Gasteiger partial charge in [-0.2, -0.15) is 0 Å². The van der Waals surface area contributed by atoms with Crippen molar-refractivity contribution in [3.8, 4) is 11.4 Å². The number of Topliss-reactive ketones (excluding diaryl/α,β-unsaturated/α-hetero) is 1. The molecule has 0 atom stereocenters. The molecule has 0 aliphatic carbocycles. The van der Waals surface area contributed by atoms with Crippen LogP contribution in [0.15, 0.2) is 41.8 Å². The van der Waals surface area contributed by atoms with Crippen LogP contribution in [0.5, 0.6) is 0 Å². The van der Waals surface area contributed by atoms with E-state index in [1.54, 1.807) is 18.5 Å². The van der Waals surface area contributed by atoms with Crippen molar-refractivity contribution in [2.45, 2.75) is 25.4 Å². The van der Waals surface area contributed by atoms with Gasteiger partial charge in [0.15, 0.2) is 10.9 Å². The minimum absolute atomic E-state index is 0.126. The average Bonchev–Trinajstić information content (AvgIpc) is 2.62. The van der Waals surface area contributed by atoms with E-state index in [1.807, 2.05) is 32.0 Å². The lowest BCUT2D eigenvalue weighted by atomic mass is 10.3. The number of hydrogen-bond donors (Lipinski definition) is 0. The molecule has 0 fully saturated rings. The summed E-state index contributed by atoms with van der Waals surface area (Å²) in [5.74, 6) is -0.636.